The average molecular weight is 416 g/mol. The molecule has 5 heteroatoms. The van der Waals surface area contributed by atoms with Gasteiger partial charge in [0, 0.05) is 11.3 Å². The summed E-state index contributed by atoms with van der Waals surface area (Å²) in [6.07, 6.45) is 7.23. The van der Waals surface area contributed by atoms with E-state index >= 15 is 0 Å². The van der Waals surface area contributed by atoms with Gasteiger partial charge in [0.15, 0.2) is 0 Å². The van der Waals surface area contributed by atoms with Crippen LogP contribution in [-0.2, 0) is 11.2 Å². The first-order valence-electron chi connectivity index (χ1n) is 9.65. The first kappa shape index (κ1) is 21.3. The molecule has 0 atom stereocenters. The van der Waals surface area contributed by atoms with Gasteiger partial charge in [0.1, 0.15) is 0 Å². The Labute approximate surface area is 181 Å². The largest absolute Gasteiger partial charge is 0.405 e. The van der Waals surface area contributed by atoms with E-state index in [2.05, 4.69) is 11.9 Å². The molecule has 152 valence electrons. The summed E-state index contributed by atoms with van der Waals surface area (Å²) in [7, 11) is 0. The van der Waals surface area contributed by atoms with Crippen molar-refractivity contribution < 1.29 is 4.79 Å². The lowest BCUT2D eigenvalue weighted by Gasteiger charge is -2.08. The van der Waals surface area contributed by atoms with Crippen molar-refractivity contribution in [2.45, 2.75) is 20.3 Å². The molecule has 1 heterocycles. The Hall–Kier alpha value is -3.44. The smallest absolute Gasteiger partial charge is 0.228 e. The van der Waals surface area contributed by atoms with Gasteiger partial charge in [-0.2, -0.15) is 0 Å². The third-order valence-electron chi connectivity index (χ3n) is 4.47. The number of carbonyl (C=O) groups is 1. The molecule has 0 saturated heterocycles. The highest BCUT2D eigenvalue weighted by Crippen LogP contribution is 2.35. The van der Waals surface area contributed by atoms with E-state index in [0.29, 0.717) is 6.42 Å². The molecule has 0 aliphatic heterocycles. The summed E-state index contributed by atoms with van der Waals surface area (Å²) < 4.78 is 0. The maximum atomic E-state index is 12.5. The molecule has 0 fully saturated rings. The van der Waals surface area contributed by atoms with Crippen molar-refractivity contribution in [3.05, 3.63) is 101 Å². The standard InChI is InChI=1S/C25H25N3OS/c1-4-6-20(13-14-26)24-25(30-18(3)27-24)21-8-5-7-19(15-21)16-23(29)28-22-11-9-17(2)10-12-22/h4-15H,1,16,26H2,2-3H3,(H,28,29)/b14-13-,20-6+. The number of benzene rings is 2. The number of rotatable bonds is 7. The predicted octanol–water partition coefficient (Wildman–Crippen LogP) is 5.65. The number of aromatic nitrogens is 1. The van der Waals surface area contributed by atoms with E-state index in [1.165, 1.54) is 6.20 Å². The quantitative estimate of drug-likeness (QED) is 0.490. The van der Waals surface area contributed by atoms with E-state index in [4.69, 9.17) is 10.7 Å². The van der Waals surface area contributed by atoms with Crippen molar-refractivity contribution in [3.63, 3.8) is 0 Å². The van der Waals surface area contributed by atoms with Gasteiger partial charge in [0.2, 0.25) is 5.91 Å². The van der Waals surface area contributed by atoms with Crippen LogP contribution in [0.25, 0.3) is 16.0 Å². The lowest BCUT2D eigenvalue weighted by atomic mass is 10.0. The molecular weight excluding hydrogens is 390 g/mol. The second-order valence-electron chi connectivity index (χ2n) is 6.92. The Morgan fingerprint density at radius 1 is 1.20 bits per heavy atom. The van der Waals surface area contributed by atoms with E-state index in [1.54, 1.807) is 17.4 Å². The van der Waals surface area contributed by atoms with Gasteiger partial charge >= 0.3 is 0 Å². The molecule has 0 aliphatic carbocycles. The van der Waals surface area contributed by atoms with Crippen LogP contribution in [0.15, 0.2) is 79.5 Å². The van der Waals surface area contributed by atoms with Crippen LogP contribution in [0.2, 0.25) is 0 Å². The molecule has 0 saturated carbocycles. The molecule has 0 spiro atoms. The summed E-state index contributed by atoms with van der Waals surface area (Å²) in [6, 6.07) is 15.8. The van der Waals surface area contributed by atoms with Crippen molar-refractivity contribution in [2.75, 3.05) is 5.32 Å². The Bertz CT molecular complexity index is 1110. The topological polar surface area (TPSA) is 68.0 Å². The van der Waals surface area contributed by atoms with Gasteiger partial charge in [-0.15, -0.1) is 11.3 Å². The van der Waals surface area contributed by atoms with Gasteiger partial charge in [0.25, 0.3) is 0 Å². The Kier molecular flexibility index (Phi) is 6.99. The number of hydrogen-bond acceptors (Lipinski definition) is 4. The Morgan fingerprint density at radius 3 is 2.67 bits per heavy atom. The van der Waals surface area contributed by atoms with Gasteiger partial charge in [-0.1, -0.05) is 54.6 Å². The van der Waals surface area contributed by atoms with E-state index in [0.717, 1.165) is 43.5 Å². The van der Waals surface area contributed by atoms with Crippen LogP contribution in [0, 0.1) is 13.8 Å². The molecule has 0 unspecified atom stereocenters. The van der Waals surface area contributed by atoms with Crippen LogP contribution >= 0.6 is 11.3 Å². The maximum Gasteiger partial charge on any atom is 0.228 e. The third kappa shape index (κ3) is 5.33. The molecule has 3 aromatic rings. The number of anilines is 1. The Balaban J connectivity index is 1.85. The fourth-order valence-corrected chi connectivity index (χ4v) is 4.05. The van der Waals surface area contributed by atoms with Crippen LogP contribution in [0.5, 0.6) is 0 Å². The molecule has 0 radical (unpaired) electrons. The summed E-state index contributed by atoms with van der Waals surface area (Å²) in [5, 5.41) is 3.91. The van der Waals surface area contributed by atoms with Gasteiger partial charge in [0.05, 0.1) is 22.0 Å². The number of hydrogen-bond donors (Lipinski definition) is 2. The monoisotopic (exact) mass is 415 g/mol. The lowest BCUT2D eigenvalue weighted by Crippen LogP contribution is -2.14. The number of nitrogens with one attached hydrogen (secondary N) is 1. The highest BCUT2D eigenvalue weighted by molar-refractivity contribution is 7.15. The SMILES string of the molecule is C=C/C=C(\C=C/N)c1nc(C)sc1-c1cccc(CC(=O)Nc2ccc(C)cc2)c1. The third-order valence-corrected chi connectivity index (χ3v) is 5.49. The fraction of sp³-hybridized carbons (Fsp3) is 0.120. The number of allylic oxidation sites excluding steroid dienone is 4. The van der Waals surface area contributed by atoms with Gasteiger partial charge in [-0.25, -0.2) is 4.98 Å². The van der Waals surface area contributed by atoms with Crippen LogP contribution in [0.3, 0.4) is 0 Å². The highest BCUT2D eigenvalue weighted by atomic mass is 32.1. The minimum absolute atomic E-state index is 0.0463. The van der Waals surface area contributed by atoms with Crippen LogP contribution in [0.1, 0.15) is 21.8 Å². The van der Waals surface area contributed by atoms with Crippen LogP contribution in [0.4, 0.5) is 5.69 Å². The highest BCUT2D eigenvalue weighted by Gasteiger charge is 2.15. The maximum absolute atomic E-state index is 12.5. The lowest BCUT2D eigenvalue weighted by molar-refractivity contribution is -0.115. The first-order chi connectivity index (χ1) is 14.5. The number of aryl methyl sites for hydroxylation is 2. The van der Waals surface area contributed by atoms with Gasteiger partial charge in [-0.05, 0) is 55.4 Å². The molecule has 0 bridgehead atoms. The van der Waals surface area contributed by atoms with Crippen molar-refractivity contribution >= 4 is 28.5 Å². The summed E-state index contributed by atoms with van der Waals surface area (Å²) in [5.74, 6) is -0.0463. The number of thiazole rings is 1. The number of amides is 1. The zero-order valence-corrected chi connectivity index (χ0v) is 18.0. The van der Waals surface area contributed by atoms with Crippen molar-refractivity contribution in [2.24, 2.45) is 5.73 Å². The Morgan fingerprint density at radius 2 is 1.97 bits per heavy atom. The summed E-state index contributed by atoms with van der Waals surface area (Å²) in [6.45, 7) is 7.78. The minimum atomic E-state index is -0.0463. The van der Waals surface area contributed by atoms with Gasteiger partial charge in [-0.3, -0.25) is 4.79 Å². The van der Waals surface area contributed by atoms with E-state index < -0.39 is 0 Å². The molecule has 2 aromatic carbocycles. The first-order valence-corrected chi connectivity index (χ1v) is 10.5. The van der Waals surface area contributed by atoms with E-state index in [1.807, 2.05) is 74.5 Å². The molecule has 4 nitrogen and oxygen atoms in total. The molecule has 1 aromatic heterocycles. The zero-order valence-electron chi connectivity index (χ0n) is 17.2. The average Bonchev–Trinajstić information content (AvgIpc) is 3.11. The molecule has 30 heavy (non-hydrogen) atoms. The summed E-state index contributed by atoms with van der Waals surface area (Å²) >= 11 is 1.62. The number of nitrogens with two attached hydrogens (primary N) is 1. The molecule has 1 amide bonds. The number of carbonyl (C=O) groups excluding carboxylic acids is 1. The predicted molar refractivity (Wildman–Crippen MR) is 127 cm³/mol. The molecule has 3 N–H and O–H groups in total. The molecule has 3 rings (SSSR count). The van der Waals surface area contributed by atoms with E-state index in [-0.39, 0.29) is 5.91 Å². The summed E-state index contributed by atoms with van der Waals surface area (Å²) in [4.78, 5) is 18.2. The van der Waals surface area contributed by atoms with Crippen molar-refractivity contribution in [1.82, 2.24) is 4.98 Å². The normalized spacial score (nSPS) is 11.6. The number of nitrogens with zero attached hydrogens (tertiary/aromatic N) is 1. The second-order valence-corrected chi connectivity index (χ2v) is 8.12. The van der Waals surface area contributed by atoms with Gasteiger partial charge < -0.3 is 11.1 Å². The summed E-state index contributed by atoms with van der Waals surface area (Å²) in [5.41, 5.74) is 11.3. The van der Waals surface area contributed by atoms with Crippen LogP contribution < -0.4 is 11.1 Å². The second kappa shape index (κ2) is 9.85. The van der Waals surface area contributed by atoms with Crippen molar-refractivity contribution in [3.8, 4) is 10.4 Å². The fourth-order valence-electron chi connectivity index (χ4n) is 3.11. The molecular formula is C25H25N3OS. The minimum Gasteiger partial charge on any atom is -0.405 e. The van der Waals surface area contributed by atoms with Crippen molar-refractivity contribution in [1.29, 1.82) is 0 Å². The molecule has 0 aliphatic rings. The zero-order chi connectivity index (χ0) is 21.5. The van der Waals surface area contributed by atoms with Crippen LogP contribution in [-0.4, -0.2) is 10.9 Å². The van der Waals surface area contributed by atoms with E-state index in [9.17, 15) is 4.79 Å².